The quantitative estimate of drug-likeness (QED) is 0.0135. The van der Waals surface area contributed by atoms with Crippen molar-refractivity contribution < 1.29 is 96.3 Å². The molecule has 10 aromatic carbocycles. The Labute approximate surface area is 805 Å². The molecule has 5 atom stereocenters. The highest BCUT2D eigenvalue weighted by Crippen LogP contribution is 2.43. The fourth-order valence-corrected chi connectivity index (χ4v) is 18.3. The van der Waals surface area contributed by atoms with E-state index in [0.717, 1.165) is 100 Å². The normalized spacial score (nSPS) is 15.8. The van der Waals surface area contributed by atoms with Crippen molar-refractivity contribution in [2.24, 2.45) is 57.3 Å². The maximum atomic E-state index is 12.9. The fraction of sp³-hybridized carbons (Fsp3) is 0.320. The number of carbonyl (C=O) groups is 10. The second kappa shape index (κ2) is 49.8. The van der Waals surface area contributed by atoms with Gasteiger partial charge in [0.05, 0.1) is 27.8 Å². The van der Waals surface area contributed by atoms with Crippen LogP contribution in [0, 0.1) is 0 Å². The van der Waals surface area contributed by atoms with Crippen LogP contribution in [0.1, 0.15) is 239 Å². The Bertz CT molecular complexity index is 6140. The molecule has 5 aliphatic heterocycles. The van der Waals surface area contributed by atoms with E-state index < -0.39 is 47.2 Å². The zero-order valence-electron chi connectivity index (χ0n) is 78.5. The van der Waals surface area contributed by atoms with E-state index in [4.69, 9.17) is 80.6 Å². The van der Waals surface area contributed by atoms with Crippen LogP contribution in [0.2, 0.25) is 29.1 Å². The largest absolute Gasteiger partial charge is 0.535 e. The van der Waals surface area contributed by atoms with E-state index >= 15 is 0 Å². The van der Waals surface area contributed by atoms with Crippen molar-refractivity contribution in [1.82, 2.24) is 0 Å². The van der Waals surface area contributed by atoms with Gasteiger partial charge in [-0.05, 0) is 197 Å². The average Bonchev–Trinajstić information content (AvgIpc) is 0.801. The summed E-state index contributed by atoms with van der Waals surface area (Å²) < 4.78 is 28.1. The Morgan fingerprint density at radius 1 is 0.254 bits per heavy atom. The topological polar surface area (TPSA) is 578 Å². The van der Waals surface area contributed by atoms with Crippen LogP contribution in [0.25, 0.3) is 0 Å². The summed E-state index contributed by atoms with van der Waals surface area (Å²) in [5, 5.41) is 52.0. The molecule has 0 saturated carbocycles. The van der Waals surface area contributed by atoms with Gasteiger partial charge in [-0.3, -0.25) is 47.9 Å². The SMILES string of the molecule is CC(=O)c1cccc2c1OB(O)[C@@H](CC(=O)Cc1cc(CN)cc(CN)c1)C2.CC(=O)c1cccc2c1OB(O)[C@@H](CC(=O)Cc1ccc(CN)cc1CN)C2.CC(=O)c1cccc2c1OB(O)[C@@H](CC(=O)Cc1cccc(CN)c1CN)C2.CC(=O)c1cccc2c1OB(O)[C@@H](CC(=O)c1ccc(CN)cc1CN)C2.CC(=O)c1cccc2c1OB(O)[C@@H](CC(=O)c1cccc(CN)c1CN)C2. The molecule has 718 valence electrons. The van der Waals surface area contributed by atoms with Gasteiger partial charge in [-0.1, -0.05) is 152 Å². The molecule has 30 nitrogen and oxygen atoms in total. The van der Waals surface area contributed by atoms with Gasteiger partial charge in [-0.25, -0.2) is 0 Å². The number of hydrogen-bond acceptors (Lipinski definition) is 30. The van der Waals surface area contributed by atoms with Gasteiger partial charge in [-0.15, -0.1) is 0 Å². The van der Waals surface area contributed by atoms with Gasteiger partial charge in [0.2, 0.25) is 0 Å². The monoisotopic (exact) mass is 1870 g/mol. The molecule has 0 spiro atoms. The summed E-state index contributed by atoms with van der Waals surface area (Å²) in [7, 11) is -5.66. The first kappa shape index (κ1) is 106. The van der Waals surface area contributed by atoms with Crippen molar-refractivity contribution in [3.8, 4) is 28.7 Å². The number of fused-ring (bicyclic) bond motifs is 5. The van der Waals surface area contributed by atoms with E-state index in [1.54, 1.807) is 78.9 Å². The third-order valence-corrected chi connectivity index (χ3v) is 25.6. The standard InChI is InChI=1S/3C21H25BN2O4.2C20H23BN2O4/c1-13(25)19-7-3-5-15-8-17(22(27)28-21(15)19)10-18(26)9-14-4-2-6-16(11-23)20(14)12-24;1-13(25)20-4-2-3-17-9-18(22(27)28-21(17)20)10-19(26)8-14-5-15(11-23)7-16(6-14)12-24;1-13(25)20-4-2-3-16-8-18(22(27)28-21(16)20)10-19(26)9-15-6-5-14(11-23)7-17(15)12-24;1-12(24)16-6-2-4-13-8-15(21(26)27-20(13)16)9-19(25)17-7-3-5-14(10-22)18(17)11-23;1-12(24)17-4-2-3-14-8-16(21(26)27-20(14)17)9-19(25)18-6-5-13(10-22)7-15(18)11-23/h2-7,17,27H,8-12,23-24H2,1H3;2*2-7,18,27H,8-12,23-24H2,1H3;2-7,15,26H,8-11,22-23H2,1H3;2-7,16,26H,8-11,22-23H2,1H3/t17-;2*18-;15-;16-/m11111/s1. The minimum absolute atomic E-state index is 0.00249. The Balaban J connectivity index is 0.000000165. The van der Waals surface area contributed by atoms with Crippen LogP contribution < -0.4 is 80.6 Å². The molecule has 35 heteroatoms. The molecule has 0 aromatic heterocycles. The van der Waals surface area contributed by atoms with Gasteiger partial charge in [0, 0.05) is 157 Å². The van der Waals surface area contributed by atoms with Crippen LogP contribution in [-0.2, 0) is 131 Å². The number of hydrogen-bond donors (Lipinski definition) is 15. The van der Waals surface area contributed by atoms with E-state index in [-0.39, 0.29) is 140 Å². The van der Waals surface area contributed by atoms with Gasteiger partial charge in [0.25, 0.3) is 0 Å². The number of Topliss-reactive ketones (excluding diaryl/α,β-unsaturated/α-hetero) is 10. The fourth-order valence-electron chi connectivity index (χ4n) is 18.3. The van der Waals surface area contributed by atoms with E-state index in [1.165, 1.54) is 34.6 Å². The van der Waals surface area contributed by atoms with Crippen molar-refractivity contribution in [3.63, 3.8) is 0 Å². The van der Waals surface area contributed by atoms with Crippen LogP contribution in [0.3, 0.4) is 0 Å². The van der Waals surface area contributed by atoms with Gasteiger partial charge >= 0.3 is 35.6 Å². The first-order chi connectivity index (χ1) is 66.2. The molecular weight excluding hydrogens is 1750 g/mol. The van der Waals surface area contributed by atoms with E-state index in [9.17, 15) is 73.1 Å². The van der Waals surface area contributed by atoms with E-state index in [1.807, 2.05) is 103 Å². The lowest BCUT2D eigenvalue weighted by Crippen LogP contribution is -2.36. The highest BCUT2D eigenvalue weighted by molar-refractivity contribution is 6.49. The Morgan fingerprint density at radius 2 is 0.529 bits per heavy atom. The number of benzene rings is 10. The average molecular weight is 1870 g/mol. The number of nitrogens with two attached hydrogens (primary N) is 10. The highest BCUT2D eigenvalue weighted by atomic mass is 16.5. The third kappa shape index (κ3) is 26.7. The minimum atomic E-state index is -1.15. The molecular formula is C103H121B5N10O20. The molecule has 0 saturated heterocycles. The van der Waals surface area contributed by atoms with Gasteiger partial charge in [0.15, 0.2) is 40.5 Å². The van der Waals surface area contributed by atoms with Crippen molar-refractivity contribution in [2.75, 3.05) is 0 Å². The van der Waals surface area contributed by atoms with Gasteiger partial charge in [-0.2, -0.15) is 0 Å². The van der Waals surface area contributed by atoms with Crippen molar-refractivity contribution in [1.29, 1.82) is 0 Å². The van der Waals surface area contributed by atoms with Crippen LogP contribution in [0.4, 0.5) is 0 Å². The van der Waals surface area contributed by atoms with E-state index in [0.29, 0.717) is 152 Å². The molecule has 5 heterocycles. The highest BCUT2D eigenvalue weighted by Gasteiger charge is 2.44. The Kier molecular flexibility index (Phi) is 38.3. The summed E-state index contributed by atoms with van der Waals surface area (Å²) in [6.45, 7) is 10.7. The Hall–Kier alpha value is -12.4. The third-order valence-electron chi connectivity index (χ3n) is 25.6. The first-order valence-electron chi connectivity index (χ1n) is 46.2. The molecule has 0 amide bonds. The first-order valence-corrected chi connectivity index (χ1v) is 46.2. The minimum Gasteiger partial charge on any atom is -0.535 e. The molecule has 138 heavy (non-hydrogen) atoms. The number of para-hydroxylation sites is 5. The molecule has 0 fully saturated rings. The van der Waals surface area contributed by atoms with Gasteiger partial charge < -0.3 is 106 Å². The summed E-state index contributed by atoms with van der Waals surface area (Å²) in [6, 6.07) is 54.6. The summed E-state index contributed by atoms with van der Waals surface area (Å²) >= 11 is 0. The van der Waals surface area contributed by atoms with Crippen molar-refractivity contribution in [2.45, 2.75) is 213 Å². The van der Waals surface area contributed by atoms with Crippen LogP contribution in [0.5, 0.6) is 28.7 Å². The van der Waals surface area contributed by atoms with Crippen molar-refractivity contribution >= 4 is 93.4 Å². The molecule has 5 aliphatic rings. The zero-order chi connectivity index (χ0) is 99.9. The molecule has 0 radical (unpaired) electrons. The lowest BCUT2D eigenvalue weighted by molar-refractivity contribution is -0.119. The zero-order valence-corrected chi connectivity index (χ0v) is 78.5. The van der Waals surface area contributed by atoms with Crippen LogP contribution in [0.15, 0.2) is 182 Å². The summed E-state index contributed by atoms with van der Waals surface area (Å²) in [5.41, 5.74) is 76.5. The summed E-state index contributed by atoms with van der Waals surface area (Å²) in [4.78, 5) is 122. The number of carbonyl (C=O) groups excluding carboxylic acids is 10. The molecule has 0 aliphatic carbocycles. The summed E-state index contributed by atoms with van der Waals surface area (Å²) in [5.74, 6) is -0.555. The molecule has 25 N–H and O–H groups in total. The molecule has 10 aromatic rings. The Morgan fingerprint density at radius 3 is 0.862 bits per heavy atom. The second-order valence-electron chi connectivity index (χ2n) is 35.4. The maximum Gasteiger partial charge on any atom is 0.526 e. The van der Waals surface area contributed by atoms with Gasteiger partial charge in [0.1, 0.15) is 46.1 Å². The maximum absolute atomic E-state index is 12.9. The van der Waals surface area contributed by atoms with Crippen molar-refractivity contribution in [3.05, 3.63) is 321 Å². The molecule has 0 bridgehead atoms. The smallest absolute Gasteiger partial charge is 0.526 e. The molecule has 0 unspecified atom stereocenters. The van der Waals surface area contributed by atoms with Crippen LogP contribution >= 0.6 is 0 Å². The lowest BCUT2D eigenvalue weighted by atomic mass is 9.64. The van der Waals surface area contributed by atoms with Crippen LogP contribution in [-0.4, -0.2) is 119 Å². The number of ketones is 10. The summed E-state index contributed by atoms with van der Waals surface area (Å²) in [6.07, 6.45) is 3.92. The predicted octanol–water partition coefficient (Wildman–Crippen LogP) is 9.11. The number of rotatable bonds is 33. The predicted molar refractivity (Wildman–Crippen MR) is 532 cm³/mol. The molecule has 15 rings (SSSR count). The van der Waals surface area contributed by atoms with E-state index in [2.05, 4.69) is 0 Å². The lowest BCUT2D eigenvalue weighted by Gasteiger charge is -2.28. The second-order valence-corrected chi connectivity index (χ2v) is 35.4.